The predicted octanol–water partition coefficient (Wildman–Crippen LogP) is 3.33. The van der Waals surface area contributed by atoms with Gasteiger partial charge < -0.3 is 10.6 Å². The van der Waals surface area contributed by atoms with Gasteiger partial charge in [0, 0.05) is 25.0 Å². The summed E-state index contributed by atoms with van der Waals surface area (Å²) in [7, 11) is 0. The van der Waals surface area contributed by atoms with E-state index in [9.17, 15) is 4.79 Å². The Balaban J connectivity index is 0.00000176. The maximum absolute atomic E-state index is 12.6. The largest absolute Gasteiger partial charge is 0.341 e. The second-order valence-corrected chi connectivity index (χ2v) is 6.65. The molecule has 0 bridgehead atoms. The molecule has 22 heavy (non-hydrogen) atoms. The smallest absolute Gasteiger partial charge is 0.225 e. The number of carbonyl (C=O) groups excluding carboxylic acids is 1. The molecule has 2 N–H and O–H groups in total. The average Bonchev–Trinajstić information content (AvgIpc) is 2.55. The zero-order chi connectivity index (χ0) is 14.7. The lowest BCUT2D eigenvalue weighted by Crippen LogP contribution is -2.48. The second kappa shape index (κ2) is 7.98. The van der Waals surface area contributed by atoms with Crippen LogP contribution in [-0.4, -0.2) is 29.9 Å². The van der Waals surface area contributed by atoms with Crippen molar-refractivity contribution in [1.82, 2.24) is 4.90 Å². The minimum atomic E-state index is 0. The van der Waals surface area contributed by atoms with Gasteiger partial charge in [0.05, 0.1) is 0 Å². The Morgan fingerprint density at radius 3 is 2.36 bits per heavy atom. The van der Waals surface area contributed by atoms with Crippen molar-refractivity contribution in [2.45, 2.75) is 50.5 Å². The van der Waals surface area contributed by atoms with Crippen LogP contribution in [0.2, 0.25) is 0 Å². The molecule has 1 saturated carbocycles. The van der Waals surface area contributed by atoms with Gasteiger partial charge in [-0.1, -0.05) is 30.3 Å². The topological polar surface area (TPSA) is 46.3 Å². The summed E-state index contributed by atoms with van der Waals surface area (Å²) in [4.78, 5) is 14.6. The van der Waals surface area contributed by atoms with Crippen LogP contribution in [0.15, 0.2) is 30.3 Å². The summed E-state index contributed by atoms with van der Waals surface area (Å²) in [5.74, 6) is 1.23. The Hall–Kier alpha value is -1.06. The zero-order valence-electron chi connectivity index (χ0n) is 13.1. The normalized spacial score (nSPS) is 28.8. The SMILES string of the molecule is Cl.NC1CCCN(C(=O)C2CCC(c3ccccc3)CC2)C1. The number of hydrogen-bond acceptors (Lipinski definition) is 2. The molecule has 1 atom stereocenters. The molecule has 1 heterocycles. The summed E-state index contributed by atoms with van der Waals surface area (Å²) in [6.07, 6.45) is 6.46. The van der Waals surface area contributed by atoms with Crippen molar-refractivity contribution in [2.24, 2.45) is 11.7 Å². The first kappa shape index (κ1) is 17.3. The highest BCUT2D eigenvalue weighted by Gasteiger charge is 2.31. The maximum Gasteiger partial charge on any atom is 0.225 e. The van der Waals surface area contributed by atoms with Gasteiger partial charge in [0.2, 0.25) is 5.91 Å². The Kier molecular flexibility index (Phi) is 6.27. The van der Waals surface area contributed by atoms with E-state index in [1.807, 2.05) is 4.90 Å². The molecule has 122 valence electrons. The van der Waals surface area contributed by atoms with Crippen molar-refractivity contribution >= 4 is 18.3 Å². The summed E-state index contributed by atoms with van der Waals surface area (Å²) < 4.78 is 0. The lowest BCUT2D eigenvalue weighted by molar-refractivity contribution is -0.137. The van der Waals surface area contributed by atoms with E-state index in [1.165, 1.54) is 5.56 Å². The molecule has 2 fully saturated rings. The van der Waals surface area contributed by atoms with Crippen molar-refractivity contribution in [1.29, 1.82) is 0 Å². The van der Waals surface area contributed by atoms with E-state index in [-0.39, 0.29) is 24.4 Å². The molecule has 1 unspecified atom stereocenters. The van der Waals surface area contributed by atoms with Crippen LogP contribution in [0.25, 0.3) is 0 Å². The molecule has 0 radical (unpaired) electrons. The highest BCUT2D eigenvalue weighted by atomic mass is 35.5. The molecule has 1 amide bonds. The molecule has 4 heteroatoms. The summed E-state index contributed by atoms with van der Waals surface area (Å²) in [5, 5.41) is 0. The van der Waals surface area contributed by atoms with Crippen molar-refractivity contribution in [3.05, 3.63) is 35.9 Å². The fourth-order valence-electron chi connectivity index (χ4n) is 3.87. The second-order valence-electron chi connectivity index (χ2n) is 6.65. The molecule has 0 spiro atoms. The number of benzene rings is 1. The van der Waals surface area contributed by atoms with Crippen LogP contribution >= 0.6 is 12.4 Å². The van der Waals surface area contributed by atoms with Gasteiger partial charge in [-0.25, -0.2) is 0 Å². The lowest BCUT2D eigenvalue weighted by atomic mass is 9.78. The standard InChI is InChI=1S/C18H26N2O.ClH/c19-17-7-4-12-20(13-17)18(21)16-10-8-15(9-11-16)14-5-2-1-3-6-14;/h1-3,5-6,15-17H,4,7-13,19H2;1H. The monoisotopic (exact) mass is 322 g/mol. The van der Waals surface area contributed by atoms with E-state index in [0.29, 0.717) is 11.8 Å². The first-order valence-corrected chi connectivity index (χ1v) is 8.33. The molecule has 1 aromatic carbocycles. The first-order valence-electron chi connectivity index (χ1n) is 8.33. The molecule has 1 aliphatic carbocycles. The van der Waals surface area contributed by atoms with E-state index in [1.54, 1.807) is 0 Å². The van der Waals surface area contributed by atoms with Gasteiger partial charge in [0.25, 0.3) is 0 Å². The van der Waals surface area contributed by atoms with E-state index in [2.05, 4.69) is 30.3 Å². The molecule has 1 saturated heterocycles. The molecular weight excluding hydrogens is 296 g/mol. The number of amides is 1. The summed E-state index contributed by atoms with van der Waals surface area (Å²) in [6.45, 7) is 1.67. The van der Waals surface area contributed by atoms with Crippen molar-refractivity contribution < 1.29 is 4.79 Å². The number of likely N-dealkylation sites (tertiary alicyclic amines) is 1. The van der Waals surface area contributed by atoms with Gasteiger partial charge in [0.15, 0.2) is 0 Å². The highest BCUT2D eigenvalue weighted by molar-refractivity contribution is 5.85. The maximum atomic E-state index is 12.6. The zero-order valence-corrected chi connectivity index (χ0v) is 13.9. The van der Waals surface area contributed by atoms with E-state index >= 15 is 0 Å². The molecule has 1 aromatic rings. The number of rotatable bonds is 2. The fourth-order valence-corrected chi connectivity index (χ4v) is 3.87. The van der Waals surface area contributed by atoms with Gasteiger partial charge >= 0.3 is 0 Å². The molecule has 3 nitrogen and oxygen atoms in total. The summed E-state index contributed by atoms with van der Waals surface area (Å²) in [5.41, 5.74) is 7.43. The Bertz CT molecular complexity index is 471. The Morgan fingerprint density at radius 2 is 1.73 bits per heavy atom. The van der Waals surface area contributed by atoms with E-state index < -0.39 is 0 Å². The number of nitrogens with two attached hydrogens (primary N) is 1. The first-order chi connectivity index (χ1) is 10.2. The summed E-state index contributed by atoms with van der Waals surface area (Å²) in [6, 6.07) is 10.9. The molecule has 1 aliphatic heterocycles. The number of nitrogens with zero attached hydrogens (tertiary/aromatic N) is 1. The third kappa shape index (κ3) is 4.02. The Morgan fingerprint density at radius 1 is 1.05 bits per heavy atom. The van der Waals surface area contributed by atoms with Gasteiger partial charge in [-0.15, -0.1) is 12.4 Å². The van der Waals surface area contributed by atoms with Gasteiger partial charge in [-0.2, -0.15) is 0 Å². The van der Waals surface area contributed by atoms with Crippen LogP contribution in [0.3, 0.4) is 0 Å². The number of piperidine rings is 1. The van der Waals surface area contributed by atoms with Crippen molar-refractivity contribution in [3.63, 3.8) is 0 Å². The van der Waals surface area contributed by atoms with Crippen LogP contribution in [0.1, 0.15) is 50.0 Å². The molecular formula is C18H27ClN2O. The van der Waals surface area contributed by atoms with E-state index in [0.717, 1.165) is 51.6 Å². The van der Waals surface area contributed by atoms with Crippen molar-refractivity contribution in [3.8, 4) is 0 Å². The fraction of sp³-hybridized carbons (Fsp3) is 0.611. The van der Waals surface area contributed by atoms with Crippen LogP contribution in [0.5, 0.6) is 0 Å². The van der Waals surface area contributed by atoms with Crippen LogP contribution in [0.4, 0.5) is 0 Å². The minimum Gasteiger partial charge on any atom is -0.341 e. The average molecular weight is 323 g/mol. The molecule has 3 rings (SSSR count). The third-order valence-electron chi connectivity index (χ3n) is 5.12. The lowest BCUT2D eigenvalue weighted by Gasteiger charge is -2.36. The van der Waals surface area contributed by atoms with Crippen LogP contribution < -0.4 is 5.73 Å². The summed E-state index contributed by atoms with van der Waals surface area (Å²) >= 11 is 0. The van der Waals surface area contributed by atoms with Gasteiger partial charge in [-0.3, -0.25) is 4.79 Å². The van der Waals surface area contributed by atoms with Crippen LogP contribution in [-0.2, 0) is 4.79 Å². The highest BCUT2D eigenvalue weighted by Crippen LogP contribution is 2.36. The van der Waals surface area contributed by atoms with Crippen LogP contribution in [0, 0.1) is 5.92 Å². The Labute approximate surface area is 139 Å². The number of halogens is 1. The third-order valence-corrected chi connectivity index (χ3v) is 5.12. The number of carbonyl (C=O) groups is 1. The van der Waals surface area contributed by atoms with E-state index in [4.69, 9.17) is 5.73 Å². The van der Waals surface area contributed by atoms with Gasteiger partial charge in [-0.05, 0) is 50.0 Å². The predicted molar refractivity (Wildman–Crippen MR) is 92.2 cm³/mol. The molecule has 0 aromatic heterocycles. The minimum absolute atomic E-state index is 0. The molecule has 2 aliphatic rings. The number of hydrogen-bond donors (Lipinski definition) is 1. The van der Waals surface area contributed by atoms with Gasteiger partial charge in [0.1, 0.15) is 0 Å². The van der Waals surface area contributed by atoms with Crippen molar-refractivity contribution in [2.75, 3.05) is 13.1 Å². The quantitative estimate of drug-likeness (QED) is 0.907.